The quantitative estimate of drug-likeness (QED) is 0.473. The molecule has 2 heterocycles. The maximum absolute atomic E-state index is 13.4. The monoisotopic (exact) mass is 555 g/mol. The summed E-state index contributed by atoms with van der Waals surface area (Å²) >= 11 is 0. The highest BCUT2D eigenvalue weighted by molar-refractivity contribution is 5.91. The first-order chi connectivity index (χ1) is 19.9. The van der Waals surface area contributed by atoms with Crippen LogP contribution in [-0.4, -0.2) is 76.0 Å². The zero-order valence-corrected chi connectivity index (χ0v) is 23.0. The Morgan fingerprint density at radius 2 is 1.54 bits per heavy atom. The summed E-state index contributed by atoms with van der Waals surface area (Å²) in [4.78, 5) is 43.3. The number of hydrogen-bond acceptors (Lipinski definition) is 4. The number of benzene rings is 3. The molecule has 3 aromatic rings. The molecule has 0 saturated carbocycles. The number of likely N-dealkylation sites (N-methyl/N-ethyl adjacent to an activating group) is 1. The van der Waals surface area contributed by atoms with Gasteiger partial charge >= 0.3 is 6.03 Å². The second-order valence-corrected chi connectivity index (χ2v) is 9.68. The Hall–Kier alpha value is -4.68. The molecular formula is C32H34FN5O3. The molecule has 0 unspecified atom stereocenters. The third kappa shape index (κ3) is 7.29. The van der Waals surface area contributed by atoms with Crippen LogP contribution >= 0.6 is 0 Å². The van der Waals surface area contributed by atoms with E-state index in [-0.39, 0.29) is 43.3 Å². The Kier molecular flexibility index (Phi) is 10.1. The highest BCUT2D eigenvalue weighted by Gasteiger charge is 2.50. The molecule has 212 valence electrons. The van der Waals surface area contributed by atoms with Gasteiger partial charge in [0.25, 0.3) is 0 Å². The predicted octanol–water partition coefficient (Wildman–Crippen LogP) is 3.52. The molecule has 9 heteroatoms. The summed E-state index contributed by atoms with van der Waals surface area (Å²) in [6.45, 7) is 2.99. The molecule has 5 rings (SSSR count). The number of nitrogens with zero attached hydrogens (tertiary/aromatic N) is 4. The van der Waals surface area contributed by atoms with Crippen LogP contribution in [0.4, 0.5) is 9.18 Å². The molecule has 2 aliphatic rings. The molecule has 0 spiro atoms. The van der Waals surface area contributed by atoms with Gasteiger partial charge in [0, 0.05) is 19.5 Å². The van der Waals surface area contributed by atoms with E-state index in [1.54, 1.807) is 33.0 Å². The van der Waals surface area contributed by atoms with Crippen molar-refractivity contribution < 1.29 is 18.8 Å². The van der Waals surface area contributed by atoms with Crippen molar-refractivity contribution in [2.24, 2.45) is 0 Å². The molecule has 3 aromatic carbocycles. The van der Waals surface area contributed by atoms with Gasteiger partial charge in [-0.05, 0) is 30.2 Å². The molecule has 2 fully saturated rings. The van der Waals surface area contributed by atoms with E-state index in [2.05, 4.69) is 11.2 Å². The van der Waals surface area contributed by atoms with Crippen molar-refractivity contribution >= 4 is 17.8 Å². The van der Waals surface area contributed by atoms with Crippen molar-refractivity contribution in [1.82, 2.24) is 25.1 Å². The summed E-state index contributed by atoms with van der Waals surface area (Å²) in [6.07, 6.45) is 5.31. The number of amides is 4. The third-order valence-corrected chi connectivity index (χ3v) is 6.99. The first kappa shape index (κ1) is 29.3. The van der Waals surface area contributed by atoms with Gasteiger partial charge in [-0.1, -0.05) is 84.8 Å². The molecule has 2 saturated heterocycles. The van der Waals surface area contributed by atoms with Crippen molar-refractivity contribution in [1.29, 1.82) is 0 Å². The van der Waals surface area contributed by atoms with E-state index >= 15 is 0 Å². The molecule has 2 atom stereocenters. The van der Waals surface area contributed by atoms with Crippen LogP contribution in [0.3, 0.4) is 0 Å². The number of nitrogens with one attached hydrogen (secondary N) is 1. The van der Waals surface area contributed by atoms with Gasteiger partial charge in [0.05, 0.1) is 19.6 Å². The van der Waals surface area contributed by atoms with Crippen LogP contribution < -0.4 is 5.32 Å². The Bertz CT molecular complexity index is 1350. The van der Waals surface area contributed by atoms with Gasteiger partial charge in [-0.15, -0.1) is 6.42 Å². The Labute approximate surface area is 240 Å². The van der Waals surface area contributed by atoms with Gasteiger partial charge < -0.3 is 15.1 Å². The Morgan fingerprint density at radius 1 is 0.951 bits per heavy atom. The first-order valence-corrected chi connectivity index (χ1v) is 13.6. The molecule has 41 heavy (non-hydrogen) atoms. The maximum Gasteiger partial charge on any atom is 0.334 e. The largest absolute Gasteiger partial charge is 0.337 e. The van der Waals surface area contributed by atoms with Gasteiger partial charge in [0.1, 0.15) is 18.0 Å². The fraction of sp³-hybridized carbons (Fsp3) is 0.281. The second kappa shape index (κ2) is 14.1. The molecule has 4 amide bonds. The number of piperazine rings is 1. The number of rotatable bonds is 6. The number of carbonyl (C=O) groups excluding carboxylic acids is 3. The molecule has 2 aliphatic heterocycles. The summed E-state index contributed by atoms with van der Waals surface area (Å²) in [5.41, 5.74) is 1.91. The van der Waals surface area contributed by atoms with E-state index in [0.29, 0.717) is 19.5 Å². The van der Waals surface area contributed by atoms with Crippen LogP contribution in [0.2, 0.25) is 0 Å². The minimum Gasteiger partial charge on any atom is -0.337 e. The summed E-state index contributed by atoms with van der Waals surface area (Å²) in [6, 6.07) is 26.1. The van der Waals surface area contributed by atoms with Gasteiger partial charge in [-0.2, -0.15) is 5.01 Å². The smallest absolute Gasteiger partial charge is 0.334 e. The van der Waals surface area contributed by atoms with Gasteiger partial charge in [-0.25, -0.2) is 14.2 Å². The minimum absolute atomic E-state index is 0.0653. The molecule has 0 bridgehead atoms. The van der Waals surface area contributed by atoms with Gasteiger partial charge in [-0.3, -0.25) is 9.59 Å². The highest BCUT2D eigenvalue weighted by Crippen LogP contribution is 2.28. The number of carbonyl (C=O) groups is 3. The van der Waals surface area contributed by atoms with Crippen molar-refractivity contribution in [3.63, 3.8) is 0 Å². The lowest BCUT2D eigenvalue weighted by Gasteiger charge is -2.54. The van der Waals surface area contributed by atoms with Crippen molar-refractivity contribution in [3.05, 3.63) is 108 Å². The fourth-order valence-corrected chi connectivity index (χ4v) is 5.03. The minimum atomic E-state index is -0.689. The van der Waals surface area contributed by atoms with Crippen molar-refractivity contribution in [3.8, 4) is 12.3 Å². The topological polar surface area (TPSA) is 76.2 Å². The molecule has 1 N–H and O–H groups in total. The molecule has 8 nitrogen and oxygen atoms in total. The number of hydrazine groups is 1. The van der Waals surface area contributed by atoms with Crippen molar-refractivity contribution in [2.75, 3.05) is 26.2 Å². The maximum atomic E-state index is 13.4. The van der Waals surface area contributed by atoms with Crippen LogP contribution in [0.25, 0.3) is 0 Å². The fourth-order valence-electron chi connectivity index (χ4n) is 5.03. The molecule has 0 aromatic heterocycles. The first-order valence-electron chi connectivity index (χ1n) is 13.6. The SMILES string of the molecule is C#CCN1CC(=O)N2[C@@H](Cc3ccccc3)C(=O)N(CC)C[C@@H]2N1C(=O)NCc1ccccc1.Fc1ccccc1. The van der Waals surface area contributed by atoms with Crippen LogP contribution in [0.15, 0.2) is 91.0 Å². The number of halogens is 1. The van der Waals surface area contributed by atoms with Crippen LogP contribution in [0, 0.1) is 18.2 Å². The second-order valence-electron chi connectivity index (χ2n) is 9.68. The molecular weight excluding hydrogens is 521 g/mol. The lowest BCUT2D eigenvalue weighted by molar-refractivity contribution is -0.188. The lowest BCUT2D eigenvalue weighted by Crippen LogP contribution is -2.76. The number of fused-ring (bicyclic) bond motifs is 1. The Balaban J connectivity index is 0.000000483. The van der Waals surface area contributed by atoms with Crippen LogP contribution in [-0.2, 0) is 22.6 Å². The number of terminal acetylenes is 1. The number of urea groups is 1. The zero-order valence-electron chi connectivity index (χ0n) is 23.0. The standard InChI is InChI=1S/C26H29N5O3.C6H5F/c1-3-15-29-19-24(32)30-22(16-20-11-7-5-8-12-20)25(33)28(4-2)18-23(30)31(29)26(34)27-17-21-13-9-6-10-14-21;7-6-4-2-1-3-5-6/h1,5-14,22-23H,4,15-19H2,2H3,(H,27,34);1-5H/t22-,23-;/m0./s1. The average molecular weight is 556 g/mol. The van der Waals surface area contributed by atoms with Gasteiger partial charge in [0.15, 0.2) is 0 Å². The predicted molar refractivity (Wildman–Crippen MR) is 154 cm³/mol. The van der Waals surface area contributed by atoms with E-state index in [0.717, 1.165) is 11.1 Å². The normalized spacial score (nSPS) is 18.6. The number of hydrogen-bond donors (Lipinski definition) is 1. The van der Waals surface area contributed by atoms with Crippen LogP contribution in [0.5, 0.6) is 0 Å². The molecule has 0 radical (unpaired) electrons. The Morgan fingerprint density at radius 3 is 2.07 bits per heavy atom. The van der Waals surface area contributed by atoms with E-state index < -0.39 is 12.2 Å². The third-order valence-electron chi connectivity index (χ3n) is 6.99. The van der Waals surface area contributed by atoms with Crippen molar-refractivity contribution in [2.45, 2.75) is 32.1 Å². The highest BCUT2D eigenvalue weighted by atomic mass is 19.1. The molecule has 0 aliphatic carbocycles. The zero-order chi connectivity index (χ0) is 29.2. The summed E-state index contributed by atoms with van der Waals surface area (Å²) in [5.74, 6) is 2.06. The summed E-state index contributed by atoms with van der Waals surface area (Å²) in [5, 5.41) is 6.06. The van der Waals surface area contributed by atoms with E-state index in [1.807, 2.05) is 67.6 Å². The summed E-state index contributed by atoms with van der Waals surface area (Å²) in [7, 11) is 0. The van der Waals surface area contributed by atoms with E-state index in [4.69, 9.17) is 6.42 Å². The average Bonchev–Trinajstić information content (AvgIpc) is 2.99. The van der Waals surface area contributed by atoms with E-state index in [1.165, 1.54) is 17.1 Å². The summed E-state index contributed by atoms with van der Waals surface area (Å²) < 4.78 is 11.9. The lowest BCUT2D eigenvalue weighted by atomic mass is 9.99. The van der Waals surface area contributed by atoms with Gasteiger partial charge in [0.2, 0.25) is 11.8 Å². The van der Waals surface area contributed by atoms with E-state index in [9.17, 15) is 18.8 Å². The van der Waals surface area contributed by atoms with Crippen LogP contribution in [0.1, 0.15) is 18.1 Å².